The predicted molar refractivity (Wildman–Crippen MR) is 107 cm³/mol. The highest BCUT2D eigenvalue weighted by atomic mass is 16.2. The zero-order valence-electron chi connectivity index (χ0n) is 17.5. The minimum atomic E-state index is -1.03. The number of nitrogens with one attached hydrogen (secondary N) is 1. The third-order valence-corrected chi connectivity index (χ3v) is 6.69. The summed E-state index contributed by atoms with van der Waals surface area (Å²) < 4.78 is 1.53. The van der Waals surface area contributed by atoms with E-state index in [0.717, 1.165) is 38.8 Å². The molecule has 29 heavy (non-hydrogen) atoms. The number of nitrogens with zero attached hydrogens (tertiary/aromatic N) is 5. The van der Waals surface area contributed by atoms with Crippen molar-refractivity contribution in [3.8, 4) is 0 Å². The van der Waals surface area contributed by atoms with Crippen molar-refractivity contribution in [2.24, 2.45) is 0 Å². The van der Waals surface area contributed by atoms with E-state index >= 15 is 0 Å². The van der Waals surface area contributed by atoms with Crippen LogP contribution in [0.5, 0.6) is 0 Å². The Hall–Kier alpha value is -2.42. The Morgan fingerprint density at radius 3 is 2.45 bits per heavy atom. The molecule has 4 rings (SSSR count). The number of piperazine rings is 1. The fourth-order valence-corrected chi connectivity index (χ4v) is 4.41. The first kappa shape index (κ1) is 19.9. The Balaban J connectivity index is 1.54. The summed E-state index contributed by atoms with van der Waals surface area (Å²) in [6.07, 6.45) is 4.21. The third kappa shape index (κ3) is 3.52. The number of carbonyl (C=O) groups excluding carboxylic acids is 3. The molecule has 1 aromatic rings. The Morgan fingerprint density at radius 2 is 1.79 bits per heavy atom. The summed E-state index contributed by atoms with van der Waals surface area (Å²) in [5.41, 5.74) is -0.407. The van der Waals surface area contributed by atoms with E-state index in [1.165, 1.54) is 9.58 Å². The summed E-state index contributed by atoms with van der Waals surface area (Å²) in [7, 11) is 3.68. The number of aromatic nitrogens is 2. The summed E-state index contributed by atoms with van der Waals surface area (Å²) in [4.78, 5) is 44.3. The van der Waals surface area contributed by atoms with Crippen molar-refractivity contribution in [3.63, 3.8) is 0 Å². The van der Waals surface area contributed by atoms with Crippen LogP contribution in [0, 0.1) is 0 Å². The zero-order chi connectivity index (χ0) is 20.8. The van der Waals surface area contributed by atoms with Gasteiger partial charge in [0.15, 0.2) is 5.69 Å². The molecular formula is C20H30N6O3. The van der Waals surface area contributed by atoms with Crippen LogP contribution in [0.3, 0.4) is 0 Å². The molecule has 0 aromatic carbocycles. The summed E-state index contributed by atoms with van der Waals surface area (Å²) in [6.45, 7) is 4.93. The third-order valence-electron chi connectivity index (χ3n) is 6.69. The molecule has 1 saturated heterocycles. The molecule has 3 amide bonds. The van der Waals surface area contributed by atoms with Gasteiger partial charge in [0.1, 0.15) is 11.2 Å². The van der Waals surface area contributed by atoms with Crippen LogP contribution >= 0.6 is 0 Å². The number of likely N-dealkylation sites (N-methyl/N-ethyl adjacent to an activating group) is 2. The number of hydrogen-bond acceptors (Lipinski definition) is 5. The van der Waals surface area contributed by atoms with E-state index in [2.05, 4.69) is 15.3 Å². The SMILES string of the molecule is CN1CCN(C(=O)c2cc3n(n2)CC(C)(C(=O)NC2CCCC2)N(C)C3=O)CC1. The summed E-state index contributed by atoms with van der Waals surface area (Å²) >= 11 is 0. The Bertz CT molecular complexity index is 822. The molecular weight excluding hydrogens is 372 g/mol. The van der Waals surface area contributed by atoms with Gasteiger partial charge in [-0.3, -0.25) is 19.1 Å². The van der Waals surface area contributed by atoms with Crippen LogP contribution in [0.15, 0.2) is 6.07 Å². The average Bonchev–Trinajstić information content (AvgIpc) is 3.36. The van der Waals surface area contributed by atoms with Crippen LogP contribution in [-0.4, -0.2) is 94.1 Å². The molecule has 9 nitrogen and oxygen atoms in total. The largest absolute Gasteiger partial charge is 0.351 e. The van der Waals surface area contributed by atoms with Gasteiger partial charge in [0.25, 0.3) is 11.8 Å². The summed E-state index contributed by atoms with van der Waals surface area (Å²) in [5, 5.41) is 7.53. The van der Waals surface area contributed by atoms with Crippen molar-refractivity contribution in [2.75, 3.05) is 40.3 Å². The number of carbonyl (C=O) groups is 3. The van der Waals surface area contributed by atoms with Gasteiger partial charge in [0, 0.05) is 45.3 Å². The first-order chi connectivity index (χ1) is 13.8. The molecule has 1 unspecified atom stereocenters. The van der Waals surface area contributed by atoms with Crippen molar-refractivity contribution >= 4 is 17.7 Å². The molecule has 158 valence electrons. The van der Waals surface area contributed by atoms with Crippen LogP contribution in [0.25, 0.3) is 0 Å². The number of fused-ring (bicyclic) bond motifs is 1. The molecule has 1 atom stereocenters. The molecule has 0 bridgehead atoms. The van der Waals surface area contributed by atoms with Gasteiger partial charge in [-0.15, -0.1) is 0 Å². The maximum Gasteiger partial charge on any atom is 0.274 e. The van der Waals surface area contributed by atoms with Crippen molar-refractivity contribution in [3.05, 3.63) is 17.5 Å². The molecule has 1 saturated carbocycles. The fraction of sp³-hybridized carbons (Fsp3) is 0.700. The Morgan fingerprint density at radius 1 is 1.14 bits per heavy atom. The lowest BCUT2D eigenvalue weighted by molar-refractivity contribution is -0.133. The van der Waals surface area contributed by atoms with Gasteiger partial charge < -0.3 is 20.0 Å². The monoisotopic (exact) mass is 402 g/mol. The van der Waals surface area contributed by atoms with E-state index in [9.17, 15) is 14.4 Å². The molecule has 2 aliphatic heterocycles. The normalized spacial score (nSPS) is 26.0. The summed E-state index contributed by atoms with van der Waals surface area (Å²) in [6, 6.07) is 1.74. The Labute approximate surface area is 171 Å². The highest BCUT2D eigenvalue weighted by Crippen LogP contribution is 2.27. The van der Waals surface area contributed by atoms with Gasteiger partial charge in [-0.2, -0.15) is 5.10 Å². The molecule has 9 heteroatoms. The molecule has 0 radical (unpaired) electrons. The van der Waals surface area contributed by atoms with E-state index in [1.807, 2.05) is 7.05 Å². The first-order valence-electron chi connectivity index (χ1n) is 10.4. The van der Waals surface area contributed by atoms with Gasteiger partial charge in [-0.05, 0) is 26.8 Å². The Kier molecular flexibility index (Phi) is 5.10. The van der Waals surface area contributed by atoms with E-state index in [0.29, 0.717) is 18.8 Å². The lowest BCUT2D eigenvalue weighted by Crippen LogP contribution is -2.63. The highest BCUT2D eigenvalue weighted by molar-refractivity contribution is 6.01. The molecule has 1 N–H and O–H groups in total. The predicted octanol–water partition coefficient (Wildman–Crippen LogP) is 0.174. The summed E-state index contributed by atoms with van der Waals surface area (Å²) in [5.74, 6) is -0.605. The van der Waals surface area contributed by atoms with Crippen molar-refractivity contribution in [2.45, 2.75) is 50.7 Å². The fourth-order valence-electron chi connectivity index (χ4n) is 4.41. The minimum Gasteiger partial charge on any atom is -0.351 e. The van der Waals surface area contributed by atoms with Crippen LogP contribution in [-0.2, 0) is 11.3 Å². The van der Waals surface area contributed by atoms with Crippen LogP contribution in [0.4, 0.5) is 0 Å². The topological polar surface area (TPSA) is 90.8 Å². The standard InChI is InChI=1S/C20H30N6O3/c1-20(19(29)21-14-6-4-5-7-14)13-26-16(18(28)24(20)3)12-15(22-26)17(27)25-10-8-23(2)9-11-25/h12,14H,4-11,13H2,1-3H3,(H,21,29). The quantitative estimate of drug-likeness (QED) is 0.779. The number of amides is 3. The second-order valence-corrected chi connectivity index (χ2v) is 8.76. The first-order valence-corrected chi connectivity index (χ1v) is 10.4. The number of rotatable bonds is 3. The lowest BCUT2D eigenvalue weighted by atomic mass is 9.95. The van der Waals surface area contributed by atoms with Crippen molar-refractivity contribution < 1.29 is 14.4 Å². The van der Waals surface area contributed by atoms with Crippen LogP contribution in [0.1, 0.15) is 53.6 Å². The van der Waals surface area contributed by atoms with Gasteiger partial charge in [-0.25, -0.2) is 0 Å². The lowest BCUT2D eigenvalue weighted by Gasteiger charge is -2.41. The second kappa shape index (κ2) is 7.44. The maximum atomic E-state index is 13.0. The van der Waals surface area contributed by atoms with Gasteiger partial charge in [0.2, 0.25) is 5.91 Å². The van der Waals surface area contributed by atoms with E-state index in [-0.39, 0.29) is 36.0 Å². The van der Waals surface area contributed by atoms with Crippen molar-refractivity contribution in [1.29, 1.82) is 0 Å². The van der Waals surface area contributed by atoms with Gasteiger partial charge in [0.05, 0.1) is 6.54 Å². The second-order valence-electron chi connectivity index (χ2n) is 8.76. The molecule has 2 fully saturated rings. The smallest absolute Gasteiger partial charge is 0.274 e. The average molecular weight is 402 g/mol. The van der Waals surface area contributed by atoms with Crippen molar-refractivity contribution in [1.82, 2.24) is 29.8 Å². The molecule has 3 heterocycles. The highest BCUT2D eigenvalue weighted by Gasteiger charge is 2.47. The van der Waals surface area contributed by atoms with E-state index in [4.69, 9.17) is 0 Å². The zero-order valence-corrected chi connectivity index (χ0v) is 17.5. The molecule has 1 aromatic heterocycles. The maximum absolute atomic E-state index is 13.0. The van der Waals surface area contributed by atoms with E-state index < -0.39 is 5.54 Å². The molecule has 1 aliphatic carbocycles. The minimum absolute atomic E-state index is 0.159. The molecule has 0 spiro atoms. The number of hydrogen-bond donors (Lipinski definition) is 1. The van der Waals surface area contributed by atoms with E-state index in [1.54, 1.807) is 24.9 Å². The van der Waals surface area contributed by atoms with Crippen LogP contribution < -0.4 is 5.32 Å². The molecule has 3 aliphatic rings. The van der Waals surface area contributed by atoms with Gasteiger partial charge in [-0.1, -0.05) is 12.8 Å². The van der Waals surface area contributed by atoms with Gasteiger partial charge >= 0.3 is 0 Å². The van der Waals surface area contributed by atoms with Crippen LogP contribution in [0.2, 0.25) is 0 Å².